The predicted molar refractivity (Wildman–Crippen MR) is 103 cm³/mol. The van der Waals surface area contributed by atoms with Gasteiger partial charge in [0.05, 0.1) is 5.92 Å². The number of fused-ring (bicyclic) bond motifs is 1. The van der Waals surface area contributed by atoms with Crippen LogP contribution in [0, 0.1) is 5.92 Å². The molecule has 1 aliphatic heterocycles. The summed E-state index contributed by atoms with van der Waals surface area (Å²) < 4.78 is 5.68. The lowest BCUT2D eigenvalue weighted by molar-refractivity contribution is -0.140. The number of carbonyl (C=O) groups excluding carboxylic acids is 2. The zero-order valence-corrected chi connectivity index (χ0v) is 15.8. The van der Waals surface area contributed by atoms with Gasteiger partial charge in [-0.25, -0.2) is 4.79 Å². The Kier molecular flexibility index (Phi) is 5.67. The minimum atomic E-state index is -0.323. The normalized spacial score (nSPS) is 17.4. The van der Waals surface area contributed by atoms with Crippen molar-refractivity contribution in [2.24, 2.45) is 5.92 Å². The quantitative estimate of drug-likeness (QED) is 0.646. The van der Waals surface area contributed by atoms with Gasteiger partial charge in [0.25, 0.3) is 0 Å². The van der Waals surface area contributed by atoms with Crippen LogP contribution in [-0.2, 0) is 4.79 Å². The number of hydrogen-bond acceptors (Lipinski definition) is 3. The lowest BCUT2D eigenvalue weighted by Gasteiger charge is -2.32. The molecule has 0 spiro atoms. The molecule has 1 saturated heterocycles. The highest BCUT2D eigenvalue weighted by molar-refractivity contribution is 6.35. The summed E-state index contributed by atoms with van der Waals surface area (Å²) in [7, 11) is 0. The third kappa shape index (κ3) is 4.10. The van der Waals surface area contributed by atoms with Crippen molar-refractivity contribution < 1.29 is 14.3 Å². The van der Waals surface area contributed by atoms with Crippen LogP contribution in [0.3, 0.4) is 0 Å². The molecule has 1 N–H and O–H groups in total. The molecule has 3 rings (SSSR count). The second-order valence-electron chi connectivity index (χ2n) is 6.90. The lowest BCUT2D eigenvalue weighted by atomic mass is 9.98. The van der Waals surface area contributed by atoms with E-state index < -0.39 is 0 Å². The van der Waals surface area contributed by atoms with Gasteiger partial charge in [0, 0.05) is 34.9 Å². The average Bonchev–Trinajstić information content (AvgIpc) is 2.64. The Morgan fingerprint density at radius 3 is 2.65 bits per heavy atom. The molecule has 0 saturated carbocycles. The molecule has 1 heterocycles. The number of nitrogens with one attached hydrogen (secondary N) is 1. The Hall–Kier alpha value is -2.27. The fraction of sp³-hybridized carbons (Fsp3) is 0.400. The fourth-order valence-electron chi connectivity index (χ4n) is 3.21. The van der Waals surface area contributed by atoms with Gasteiger partial charge >= 0.3 is 12.0 Å². The summed E-state index contributed by atoms with van der Waals surface area (Å²) in [6, 6.07) is 10.9. The maximum absolute atomic E-state index is 12.7. The Balaban J connectivity index is 1.72. The molecular weight excluding hydrogens is 352 g/mol. The van der Waals surface area contributed by atoms with Crippen LogP contribution in [0.2, 0.25) is 5.02 Å². The molecule has 6 heteroatoms. The van der Waals surface area contributed by atoms with Crippen LogP contribution in [0.25, 0.3) is 10.8 Å². The van der Waals surface area contributed by atoms with Gasteiger partial charge in [0.15, 0.2) is 0 Å². The molecule has 1 fully saturated rings. The van der Waals surface area contributed by atoms with Crippen LogP contribution >= 0.6 is 11.6 Å². The minimum Gasteiger partial charge on any atom is -0.426 e. The number of rotatable bonds is 3. The number of urea groups is 1. The SMILES string of the molecule is CC(C)NC(=O)N1CCC[C@@H](C(=O)Oc2ccc(Cl)c3ccccc23)C1. The largest absolute Gasteiger partial charge is 0.426 e. The van der Waals surface area contributed by atoms with Crippen molar-refractivity contribution in [3.8, 4) is 5.75 Å². The first-order chi connectivity index (χ1) is 12.5. The molecule has 2 aromatic carbocycles. The smallest absolute Gasteiger partial charge is 0.317 e. The summed E-state index contributed by atoms with van der Waals surface area (Å²) in [4.78, 5) is 26.6. The second-order valence-corrected chi connectivity index (χ2v) is 7.31. The fourth-order valence-corrected chi connectivity index (χ4v) is 3.44. The number of benzene rings is 2. The van der Waals surface area contributed by atoms with Crippen molar-refractivity contribution in [2.45, 2.75) is 32.7 Å². The predicted octanol–water partition coefficient (Wildman–Crippen LogP) is 4.23. The summed E-state index contributed by atoms with van der Waals surface area (Å²) in [5.41, 5.74) is 0. The highest BCUT2D eigenvalue weighted by atomic mass is 35.5. The van der Waals surface area contributed by atoms with Gasteiger partial charge in [-0.2, -0.15) is 0 Å². The molecule has 138 valence electrons. The van der Waals surface area contributed by atoms with Gasteiger partial charge in [0.2, 0.25) is 0 Å². The maximum Gasteiger partial charge on any atom is 0.317 e. The molecule has 5 nitrogen and oxygen atoms in total. The summed E-state index contributed by atoms with van der Waals surface area (Å²) >= 11 is 6.22. The third-order valence-corrected chi connectivity index (χ3v) is 4.83. The monoisotopic (exact) mass is 374 g/mol. The highest BCUT2D eigenvalue weighted by Crippen LogP contribution is 2.32. The maximum atomic E-state index is 12.7. The number of hydrogen-bond donors (Lipinski definition) is 1. The number of amides is 2. The van der Waals surface area contributed by atoms with E-state index >= 15 is 0 Å². The van der Waals surface area contributed by atoms with Crippen LogP contribution in [0.15, 0.2) is 36.4 Å². The van der Waals surface area contributed by atoms with E-state index in [1.165, 1.54) is 0 Å². The molecule has 0 aromatic heterocycles. The molecule has 0 radical (unpaired) electrons. The molecular formula is C20H23ClN2O3. The van der Waals surface area contributed by atoms with E-state index in [1.54, 1.807) is 17.0 Å². The lowest BCUT2D eigenvalue weighted by Crippen LogP contribution is -2.49. The standard InChI is InChI=1S/C20H23ClN2O3/c1-13(2)22-20(25)23-11-5-6-14(12-23)19(24)26-18-10-9-17(21)15-7-3-4-8-16(15)18/h3-4,7-10,13-14H,5-6,11-12H2,1-2H3,(H,22,25)/t14-/m1/s1. The Bertz CT molecular complexity index is 822. The number of piperidine rings is 1. The van der Waals surface area contributed by atoms with Crippen molar-refractivity contribution in [1.82, 2.24) is 10.2 Å². The van der Waals surface area contributed by atoms with Gasteiger partial charge in [-0.05, 0) is 38.8 Å². The van der Waals surface area contributed by atoms with Crippen molar-refractivity contribution in [3.05, 3.63) is 41.4 Å². The van der Waals surface area contributed by atoms with Crippen molar-refractivity contribution in [3.63, 3.8) is 0 Å². The first kappa shape index (κ1) is 18.5. The first-order valence-corrected chi connectivity index (χ1v) is 9.28. The van der Waals surface area contributed by atoms with Crippen LogP contribution in [-0.4, -0.2) is 36.0 Å². The second kappa shape index (κ2) is 7.96. The Morgan fingerprint density at radius 2 is 1.92 bits per heavy atom. The van der Waals surface area contributed by atoms with Crippen LogP contribution in [0.4, 0.5) is 4.79 Å². The van der Waals surface area contributed by atoms with E-state index in [4.69, 9.17) is 16.3 Å². The van der Waals surface area contributed by atoms with Crippen molar-refractivity contribution in [2.75, 3.05) is 13.1 Å². The number of esters is 1. The summed E-state index contributed by atoms with van der Waals surface area (Å²) in [6.07, 6.45) is 1.50. The molecule has 0 aliphatic carbocycles. The molecule has 0 unspecified atom stereocenters. The topological polar surface area (TPSA) is 58.6 Å². The van der Waals surface area contributed by atoms with Crippen molar-refractivity contribution in [1.29, 1.82) is 0 Å². The first-order valence-electron chi connectivity index (χ1n) is 8.90. The molecule has 1 atom stereocenters. The number of halogens is 1. The van der Waals surface area contributed by atoms with E-state index in [-0.39, 0.29) is 24.0 Å². The molecule has 26 heavy (non-hydrogen) atoms. The van der Waals surface area contributed by atoms with Crippen LogP contribution in [0.1, 0.15) is 26.7 Å². The molecule has 0 bridgehead atoms. The number of nitrogens with zero attached hydrogens (tertiary/aromatic N) is 1. The van der Waals surface area contributed by atoms with E-state index in [1.807, 2.05) is 38.1 Å². The van der Waals surface area contributed by atoms with Gasteiger partial charge in [-0.1, -0.05) is 35.9 Å². The van der Waals surface area contributed by atoms with E-state index in [2.05, 4.69) is 5.32 Å². The van der Waals surface area contributed by atoms with E-state index in [0.29, 0.717) is 23.9 Å². The van der Waals surface area contributed by atoms with Crippen LogP contribution < -0.4 is 10.1 Å². The van der Waals surface area contributed by atoms with E-state index in [9.17, 15) is 9.59 Å². The zero-order chi connectivity index (χ0) is 18.7. The minimum absolute atomic E-state index is 0.0651. The number of carbonyl (C=O) groups is 2. The molecule has 2 aromatic rings. The van der Waals surface area contributed by atoms with Gasteiger partial charge < -0.3 is 15.0 Å². The molecule has 2 amide bonds. The Morgan fingerprint density at radius 1 is 1.19 bits per heavy atom. The summed E-state index contributed by atoms with van der Waals surface area (Å²) in [5, 5.41) is 5.14. The van der Waals surface area contributed by atoms with Gasteiger partial charge in [0.1, 0.15) is 5.75 Å². The summed E-state index contributed by atoms with van der Waals surface area (Å²) in [6.45, 7) is 4.87. The third-order valence-electron chi connectivity index (χ3n) is 4.50. The zero-order valence-electron chi connectivity index (χ0n) is 15.0. The average molecular weight is 375 g/mol. The van der Waals surface area contributed by atoms with Crippen LogP contribution in [0.5, 0.6) is 5.75 Å². The number of ether oxygens (including phenoxy) is 1. The Labute approximate surface area is 158 Å². The van der Waals surface area contributed by atoms with Gasteiger partial charge in [-0.15, -0.1) is 0 Å². The van der Waals surface area contributed by atoms with Gasteiger partial charge in [-0.3, -0.25) is 4.79 Å². The molecule has 1 aliphatic rings. The van der Waals surface area contributed by atoms with E-state index in [0.717, 1.165) is 23.6 Å². The van der Waals surface area contributed by atoms with Crippen molar-refractivity contribution >= 4 is 34.4 Å². The number of likely N-dealkylation sites (tertiary alicyclic amines) is 1. The highest BCUT2D eigenvalue weighted by Gasteiger charge is 2.30. The summed E-state index contributed by atoms with van der Waals surface area (Å²) in [5.74, 6) is -0.130.